The Balaban J connectivity index is 1.96. The molecule has 35 heavy (non-hydrogen) atoms. The number of ketones is 1. The number of rotatable bonds is 5. The Hall–Kier alpha value is -4.06. The maximum absolute atomic E-state index is 13.4. The van der Waals surface area contributed by atoms with Crippen molar-refractivity contribution in [3.05, 3.63) is 95.1 Å². The van der Waals surface area contributed by atoms with Crippen molar-refractivity contribution in [3.8, 4) is 11.5 Å². The van der Waals surface area contributed by atoms with Crippen molar-refractivity contribution in [3.63, 3.8) is 0 Å². The summed E-state index contributed by atoms with van der Waals surface area (Å²) in [6.07, 6.45) is 0. The van der Waals surface area contributed by atoms with Gasteiger partial charge in [-0.25, -0.2) is 0 Å². The lowest BCUT2D eigenvalue weighted by Gasteiger charge is -2.26. The standard InChI is InChI=1S/C29H29NO5/c1-29(2,3)19-13-11-18(12-14-19)25-24(26(31)22-17-21(34-4)15-16-23(22)35-5)27(32)28(33)30(25)20-9-7-6-8-10-20/h6-17,25,31H,1-5H3/b26-24+. The van der Waals surface area contributed by atoms with E-state index in [2.05, 4.69) is 20.8 Å². The molecule has 0 bridgehead atoms. The fourth-order valence-electron chi connectivity index (χ4n) is 4.31. The molecule has 4 rings (SSSR count). The molecular weight excluding hydrogens is 442 g/mol. The van der Waals surface area contributed by atoms with Crippen LogP contribution in [0.3, 0.4) is 0 Å². The second-order valence-corrected chi connectivity index (χ2v) is 9.44. The van der Waals surface area contributed by atoms with E-state index in [-0.39, 0.29) is 22.3 Å². The molecule has 6 heteroatoms. The number of hydrogen-bond acceptors (Lipinski definition) is 5. The molecule has 3 aromatic rings. The monoisotopic (exact) mass is 471 g/mol. The normalized spacial score (nSPS) is 17.5. The molecule has 0 aliphatic carbocycles. The number of nitrogens with zero attached hydrogens (tertiary/aromatic N) is 1. The van der Waals surface area contributed by atoms with Gasteiger partial charge in [-0.05, 0) is 46.9 Å². The molecule has 1 N–H and O–H groups in total. The Morgan fingerprint density at radius 3 is 2.11 bits per heavy atom. The number of carbonyl (C=O) groups is 2. The van der Waals surface area contributed by atoms with Crippen LogP contribution in [0.15, 0.2) is 78.4 Å². The second kappa shape index (κ2) is 9.29. The van der Waals surface area contributed by atoms with Crippen molar-refractivity contribution in [2.24, 2.45) is 0 Å². The summed E-state index contributed by atoms with van der Waals surface area (Å²) in [4.78, 5) is 28.1. The summed E-state index contributed by atoms with van der Waals surface area (Å²) in [5.41, 5.74) is 2.60. The van der Waals surface area contributed by atoms with E-state index < -0.39 is 17.7 Å². The number of hydrogen-bond donors (Lipinski definition) is 1. The van der Waals surface area contributed by atoms with Crippen LogP contribution in [0.25, 0.3) is 5.76 Å². The van der Waals surface area contributed by atoms with Gasteiger partial charge in [0.1, 0.15) is 17.3 Å². The second-order valence-electron chi connectivity index (χ2n) is 9.44. The molecule has 0 saturated carbocycles. The predicted molar refractivity (Wildman–Crippen MR) is 136 cm³/mol. The van der Waals surface area contributed by atoms with Crippen molar-refractivity contribution >= 4 is 23.1 Å². The SMILES string of the molecule is COc1ccc(OC)c(/C(O)=C2\C(=O)C(=O)N(c3ccccc3)C2c2ccc(C(C)(C)C)cc2)c1. The van der Waals surface area contributed by atoms with Gasteiger partial charge in [-0.1, -0.05) is 63.2 Å². The largest absolute Gasteiger partial charge is 0.507 e. The molecule has 6 nitrogen and oxygen atoms in total. The summed E-state index contributed by atoms with van der Waals surface area (Å²) in [7, 11) is 2.99. The number of amides is 1. The van der Waals surface area contributed by atoms with Crippen LogP contribution in [0.1, 0.15) is 43.5 Å². The molecule has 1 aliphatic rings. The minimum atomic E-state index is -0.817. The summed E-state index contributed by atoms with van der Waals surface area (Å²) < 4.78 is 10.7. The number of ether oxygens (including phenoxy) is 2. The summed E-state index contributed by atoms with van der Waals surface area (Å²) in [5.74, 6) is -0.945. The van der Waals surface area contributed by atoms with Gasteiger partial charge in [0, 0.05) is 5.69 Å². The Morgan fingerprint density at radius 1 is 0.886 bits per heavy atom. The average molecular weight is 472 g/mol. The zero-order valence-corrected chi connectivity index (χ0v) is 20.5. The van der Waals surface area contributed by atoms with Gasteiger partial charge < -0.3 is 14.6 Å². The summed E-state index contributed by atoms with van der Waals surface area (Å²) >= 11 is 0. The number of anilines is 1. The van der Waals surface area contributed by atoms with Crippen LogP contribution in [0.4, 0.5) is 5.69 Å². The molecule has 180 valence electrons. The number of carbonyl (C=O) groups excluding carboxylic acids is 2. The Bertz CT molecular complexity index is 1290. The average Bonchev–Trinajstić information content (AvgIpc) is 3.13. The van der Waals surface area contributed by atoms with Gasteiger partial charge in [-0.2, -0.15) is 0 Å². The summed E-state index contributed by atoms with van der Waals surface area (Å²) in [6.45, 7) is 6.35. The van der Waals surface area contributed by atoms with Gasteiger partial charge in [-0.15, -0.1) is 0 Å². The van der Waals surface area contributed by atoms with Crippen LogP contribution in [0, 0.1) is 0 Å². The van der Waals surface area contributed by atoms with Crippen LogP contribution in [0.5, 0.6) is 11.5 Å². The zero-order valence-electron chi connectivity index (χ0n) is 20.5. The van der Waals surface area contributed by atoms with Crippen molar-refractivity contribution in [2.75, 3.05) is 19.1 Å². The first-order valence-corrected chi connectivity index (χ1v) is 11.4. The van der Waals surface area contributed by atoms with Gasteiger partial charge in [0.15, 0.2) is 0 Å². The van der Waals surface area contributed by atoms with Crippen LogP contribution >= 0.6 is 0 Å². The molecule has 1 atom stereocenters. The molecule has 3 aromatic carbocycles. The first-order chi connectivity index (χ1) is 16.7. The van der Waals surface area contributed by atoms with Crippen molar-refractivity contribution in [2.45, 2.75) is 32.2 Å². The number of methoxy groups -OCH3 is 2. The maximum atomic E-state index is 13.4. The predicted octanol–water partition coefficient (Wildman–Crippen LogP) is 5.63. The van der Waals surface area contributed by atoms with Crippen molar-refractivity contribution in [1.29, 1.82) is 0 Å². The molecule has 0 radical (unpaired) electrons. The number of benzene rings is 3. The van der Waals surface area contributed by atoms with Gasteiger partial charge >= 0.3 is 0 Å². The number of para-hydroxylation sites is 1. The quantitative estimate of drug-likeness (QED) is 0.297. The van der Waals surface area contributed by atoms with Gasteiger partial charge in [-0.3, -0.25) is 14.5 Å². The molecule has 1 heterocycles. The molecule has 1 aliphatic heterocycles. The number of Topliss-reactive ketones (excluding diaryl/α,β-unsaturated/α-hetero) is 1. The third-order valence-corrected chi connectivity index (χ3v) is 6.23. The number of aliphatic hydroxyl groups excluding tert-OH is 1. The van der Waals surface area contributed by atoms with Crippen molar-refractivity contribution < 1.29 is 24.2 Å². The maximum Gasteiger partial charge on any atom is 0.300 e. The highest BCUT2D eigenvalue weighted by atomic mass is 16.5. The Morgan fingerprint density at radius 2 is 1.54 bits per heavy atom. The third-order valence-electron chi connectivity index (χ3n) is 6.23. The topological polar surface area (TPSA) is 76.1 Å². The van der Waals surface area contributed by atoms with Crippen LogP contribution in [-0.2, 0) is 15.0 Å². The molecule has 0 spiro atoms. The van der Waals surface area contributed by atoms with E-state index in [1.165, 1.54) is 19.1 Å². The lowest BCUT2D eigenvalue weighted by molar-refractivity contribution is -0.132. The van der Waals surface area contributed by atoms with E-state index in [9.17, 15) is 14.7 Å². The third kappa shape index (κ3) is 4.39. The van der Waals surface area contributed by atoms with Crippen LogP contribution in [-0.4, -0.2) is 31.0 Å². The number of aliphatic hydroxyl groups is 1. The van der Waals surface area contributed by atoms with E-state index in [4.69, 9.17) is 9.47 Å². The lowest BCUT2D eigenvalue weighted by atomic mass is 9.85. The van der Waals surface area contributed by atoms with Gasteiger partial charge in [0.05, 0.1) is 31.4 Å². The van der Waals surface area contributed by atoms with E-state index >= 15 is 0 Å². The minimum absolute atomic E-state index is 0.00563. The molecule has 1 fully saturated rings. The van der Waals surface area contributed by atoms with E-state index in [1.807, 2.05) is 30.3 Å². The lowest BCUT2D eigenvalue weighted by Crippen LogP contribution is -2.29. The first-order valence-electron chi connectivity index (χ1n) is 11.4. The highest BCUT2D eigenvalue weighted by Gasteiger charge is 2.47. The van der Waals surface area contributed by atoms with E-state index in [1.54, 1.807) is 42.5 Å². The summed E-state index contributed by atoms with van der Waals surface area (Å²) in [6, 6.07) is 20.9. The first kappa shape index (κ1) is 24.1. The van der Waals surface area contributed by atoms with Gasteiger partial charge in [0.2, 0.25) is 0 Å². The Kier molecular flexibility index (Phi) is 6.39. The van der Waals surface area contributed by atoms with Crippen LogP contribution < -0.4 is 14.4 Å². The smallest absolute Gasteiger partial charge is 0.300 e. The molecule has 1 amide bonds. The zero-order chi connectivity index (χ0) is 25.3. The molecule has 0 aromatic heterocycles. The highest BCUT2D eigenvalue weighted by molar-refractivity contribution is 6.51. The highest BCUT2D eigenvalue weighted by Crippen LogP contribution is 2.44. The van der Waals surface area contributed by atoms with E-state index in [0.717, 1.165) is 5.56 Å². The molecule has 1 unspecified atom stereocenters. The van der Waals surface area contributed by atoms with Crippen LogP contribution in [0.2, 0.25) is 0 Å². The molecule has 1 saturated heterocycles. The molecular formula is C29H29NO5. The minimum Gasteiger partial charge on any atom is -0.507 e. The Labute approximate surface area is 205 Å². The van der Waals surface area contributed by atoms with Gasteiger partial charge in [0.25, 0.3) is 11.7 Å². The fourth-order valence-corrected chi connectivity index (χ4v) is 4.31. The van der Waals surface area contributed by atoms with Crippen molar-refractivity contribution in [1.82, 2.24) is 0 Å². The fraction of sp³-hybridized carbons (Fsp3) is 0.241. The summed E-state index contributed by atoms with van der Waals surface area (Å²) in [5, 5.41) is 11.5. The van der Waals surface area contributed by atoms with E-state index in [0.29, 0.717) is 22.7 Å².